The first-order chi connectivity index (χ1) is 12.4. The van der Waals surface area contributed by atoms with E-state index < -0.39 is 11.8 Å². The number of hydrogen-bond acceptors (Lipinski definition) is 5. The fourth-order valence-electron chi connectivity index (χ4n) is 3.02. The lowest BCUT2D eigenvalue weighted by molar-refractivity contribution is -0.0614. The molecule has 1 aliphatic heterocycles. The number of nitrogens with zero attached hydrogens (tertiary/aromatic N) is 1. The third kappa shape index (κ3) is 5.95. The Kier molecular flexibility index (Phi) is 7.33. The molecule has 6 nitrogen and oxygen atoms in total. The first kappa shape index (κ1) is 20.1. The number of carbonyl (C=O) groups is 2. The molecular formula is C19H24ClNO5. The fraction of sp³-hybridized carbons (Fsp3) is 0.474. The lowest BCUT2D eigenvalue weighted by Gasteiger charge is -2.40. The maximum absolute atomic E-state index is 12.3. The van der Waals surface area contributed by atoms with Gasteiger partial charge in [0.15, 0.2) is 6.07 Å². The highest BCUT2D eigenvalue weighted by Gasteiger charge is 2.40. The molecule has 0 bridgehead atoms. The molecular weight excluding hydrogens is 358 g/mol. The smallest absolute Gasteiger partial charge is 0.445 e. The molecule has 1 heterocycles. The zero-order valence-corrected chi connectivity index (χ0v) is 15.7. The number of likely N-dealkylation sites (tertiary alicyclic amines) is 1. The summed E-state index contributed by atoms with van der Waals surface area (Å²) in [7, 11) is 0. The molecule has 1 aromatic rings. The molecule has 0 saturated carbocycles. The number of ether oxygens (including phenoxy) is 3. The van der Waals surface area contributed by atoms with Crippen molar-refractivity contribution >= 4 is 23.8 Å². The van der Waals surface area contributed by atoms with Gasteiger partial charge in [-0.3, -0.25) is 0 Å². The van der Waals surface area contributed by atoms with Crippen LogP contribution < -0.4 is 0 Å². The number of hydrogen-bond donors (Lipinski definition) is 0. The lowest BCUT2D eigenvalue weighted by Crippen LogP contribution is -2.49. The monoisotopic (exact) mass is 381 g/mol. The van der Waals surface area contributed by atoms with Gasteiger partial charge in [-0.25, -0.2) is 9.59 Å². The summed E-state index contributed by atoms with van der Waals surface area (Å²) >= 11 is 5.41. The molecule has 1 aromatic carbocycles. The Morgan fingerprint density at radius 1 is 1.19 bits per heavy atom. The third-order valence-electron chi connectivity index (χ3n) is 4.23. The van der Waals surface area contributed by atoms with E-state index in [9.17, 15) is 9.59 Å². The van der Waals surface area contributed by atoms with Crippen molar-refractivity contribution in [3.63, 3.8) is 0 Å². The van der Waals surface area contributed by atoms with E-state index in [1.165, 1.54) is 0 Å². The fourth-order valence-corrected chi connectivity index (χ4v) is 3.11. The summed E-state index contributed by atoms with van der Waals surface area (Å²) in [5.74, 6) is 0. The van der Waals surface area contributed by atoms with Crippen LogP contribution >= 0.6 is 11.6 Å². The highest BCUT2D eigenvalue weighted by molar-refractivity contribution is 6.17. The second kappa shape index (κ2) is 9.48. The number of amides is 1. The maximum Gasteiger partial charge on any atom is 0.510 e. The first-order valence-corrected chi connectivity index (χ1v) is 8.99. The quantitative estimate of drug-likeness (QED) is 0.413. The molecule has 142 valence electrons. The van der Waals surface area contributed by atoms with E-state index in [1.807, 2.05) is 37.3 Å². The minimum Gasteiger partial charge on any atom is -0.445 e. The minimum atomic E-state index is -0.804. The van der Waals surface area contributed by atoms with Crippen molar-refractivity contribution in [2.75, 3.05) is 19.2 Å². The highest BCUT2D eigenvalue weighted by atomic mass is 35.5. The number of piperidine rings is 1. The van der Waals surface area contributed by atoms with Crippen LogP contribution in [0.1, 0.15) is 31.7 Å². The normalized spacial score (nSPS) is 15.8. The van der Waals surface area contributed by atoms with Crippen LogP contribution in [0.15, 0.2) is 42.5 Å². The molecule has 0 unspecified atom stereocenters. The van der Waals surface area contributed by atoms with Crippen LogP contribution in [0.5, 0.6) is 0 Å². The van der Waals surface area contributed by atoms with Gasteiger partial charge in [0, 0.05) is 32.4 Å². The average molecular weight is 382 g/mol. The molecule has 7 heteroatoms. The largest absolute Gasteiger partial charge is 0.510 e. The molecule has 0 aromatic heterocycles. The number of benzene rings is 1. The van der Waals surface area contributed by atoms with Crippen LogP contribution in [0, 0.1) is 0 Å². The van der Waals surface area contributed by atoms with Gasteiger partial charge < -0.3 is 19.1 Å². The van der Waals surface area contributed by atoms with Gasteiger partial charge in [-0.1, -0.05) is 54.1 Å². The van der Waals surface area contributed by atoms with Crippen molar-refractivity contribution in [2.24, 2.45) is 0 Å². The Bertz CT molecular complexity index is 626. The number of rotatable bonds is 6. The minimum absolute atomic E-state index is 0.228. The second-order valence-electron chi connectivity index (χ2n) is 6.45. The van der Waals surface area contributed by atoms with Crippen molar-refractivity contribution in [3.05, 3.63) is 48.0 Å². The van der Waals surface area contributed by atoms with Crippen LogP contribution in [0.4, 0.5) is 9.59 Å². The molecule has 1 saturated heterocycles. The van der Waals surface area contributed by atoms with Gasteiger partial charge in [0.25, 0.3) is 0 Å². The van der Waals surface area contributed by atoms with E-state index in [-0.39, 0.29) is 18.8 Å². The number of alkyl halides is 1. The molecule has 0 spiro atoms. The average Bonchev–Trinajstić information content (AvgIpc) is 2.60. The van der Waals surface area contributed by atoms with Gasteiger partial charge in [0.2, 0.25) is 0 Å². The predicted molar refractivity (Wildman–Crippen MR) is 97.9 cm³/mol. The van der Waals surface area contributed by atoms with E-state index in [4.69, 9.17) is 21.1 Å². The predicted octanol–water partition coefficient (Wildman–Crippen LogP) is 4.47. The van der Waals surface area contributed by atoms with Crippen LogP contribution in [-0.2, 0) is 20.8 Å². The first-order valence-electron chi connectivity index (χ1n) is 8.46. The summed E-state index contributed by atoms with van der Waals surface area (Å²) in [6.07, 6.45) is 0.301. The SMILES string of the molecule is C=C(C)CC1(OC(=O)OCCl)CCN(C(=O)OCc2ccccc2)CC1. The topological polar surface area (TPSA) is 65.1 Å². The summed E-state index contributed by atoms with van der Waals surface area (Å²) in [6, 6.07) is 9.24. The Morgan fingerprint density at radius 3 is 2.42 bits per heavy atom. The van der Waals surface area contributed by atoms with Crippen molar-refractivity contribution in [1.82, 2.24) is 4.90 Å². The van der Waals surface area contributed by atoms with Crippen molar-refractivity contribution in [1.29, 1.82) is 0 Å². The lowest BCUT2D eigenvalue weighted by atomic mass is 9.85. The number of halogens is 1. The highest BCUT2D eigenvalue weighted by Crippen LogP contribution is 2.33. The molecule has 2 rings (SSSR count). The van der Waals surface area contributed by atoms with E-state index >= 15 is 0 Å². The van der Waals surface area contributed by atoms with E-state index in [0.717, 1.165) is 11.1 Å². The Balaban J connectivity index is 1.90. The molecule has 1 aliphatic rings. The number of carbonyl (C=O) groups excluding carboxylic acids is 2. The molecule has 1 fully saturated rings. The van der Waals surface area contributed by atoms with Crippen molar-refractivity contribution in [3.8, 4) is 0 Å². The van der Waals surface area contributed by atoms with Gasteiger partial charge in [0.1, 0.15) is 12.2 Å². The van der Waals surface area contributed by atoms with Gasteiger partial charge in [-0.05, 0) is 12.5 Å². The molecule has 0 N–H and O–H groups in total. The maximum atomic E-state index is 12.3. The Morgan fingerprint density at radius 2 is 1.85 bits per heavy atom. The third-order valence-corrected chi connectivity index (χ3v) is 4.34. The summed E-state index contributed by atoms with van der Waals surface area (Å²) in [6.45, 7) is 6.85. The molecule has 0 aliphatic carbocycles. The molecule has 1 amide bonds. The van der Waals surface area contributed by atoms with Crippen LogP contribution in [-0.4, -0.2) is 41.9 Å². The van der Waals surface area contributed by atoms with Gasteiger partial charge in [-0.15, -0.1) is 0 Å². The van der Waals surface area contributed by atoms with Gasteiger partial charge >= 0.3 is 12.2 Å². The van der Waals surface area contributed by atoms with Gasteiger partial charge in [0.05, 0.1) is 0 Å². The van der Waals surface area contributed by atoms with Gasteiger partial charge in [-0.2, -0.15) is 0 Å². The molecule has 26 heavy (non-hydrogen) atoms. The van der Waals surface area contributed by atoms with E-state index in [0.29, 0.717) is 32.4 Å². The summed E-state index contributed by atoms with van der Waals surface area (Å²) in [5, 5.41) is 0. The van der Waals surface area contributed by atoms with Crippen LogP contribution in [0.3, 0.4) is 0 Å². The van der Waals surface area contributed by atoms with Crippen LogP contribution in [0.2, 0.25) is 0 Å². The standard InChI is InChI=1S/C19H24ClNO5/c1-15(2)12-19(26-18(23)25-14-20)8-10-21(11-9-19)17(22)24-13-16-6-4-3-5-7-16/h3-7H,1,8-14H2,2H3. The van der Waals surface area contributed by atoms with E-state index in [2.05, 4.69) is 11.3 Å². The zero-order valence-electron chi connectivity index (χ0n) is 14.9. The summed E-state index contributed by atoms with van der Waals surface area (Å²) in [4.78, 5) is 25.6. The van der Waals surface area contributed by atoms with Crippen molar-refractivity contribution < 1.29 is 23.8 Å². The molecule has 0 atom stereocenters. The van der Waals surface area contributed by atoms with Crippen molar-refractivity contribution in [2.45, 2.75) is 38.4 Å². The Hall–Kier alpha value is -2.21. The summed E-state index contributed by atoms with van der Waals surface area (Å²) < 4.78 is 15.5. The Labute approximate surface area is 158 Å². The van der Waals surface area contributed by atoms with Crippen LogP contribution in [0.25, 0.3) is 0 Å². The summed E-state index contributed by atoms with van der Waals surface area (Å²) in [5.41, 5.74) is 1.09. The molecule has 0 radical (unpaired) electrons. The second-order valence-corrected chi connectivity index (χ2v) is 6.67. The zero-order chi connectivity index (χ0) is 19.0. The van der Waals surface area contributed by atoms with E-state index in [1.54, 1.807) is 4.90 Å².